The molecular weight excluding hydrogens is 365 g/mol. The molecule has 1 aliphatic carbocycles. The van der Waals surface area contributed by atoms with Gasteiger partial charge < -0.3 is 4.90 Å². The van der Waals surface area contributed by atoms with Gasteiger partial charge in [-0.15, -0.1) is 0 Å². The van der Waals surface area contributed by atoms with Gasteiger partial charge in [-0.3, -0.25) is 9.59 Å². The highest BCUT2D eigenvalue weighted by Crippen LogP contribution is 2.32. The van der Waals surface area contributed by atoms with Crippen LogP contribution in [0.25, 0.3) is 0 Å². The molecule has 3 rings (SSSR count). The highest BCUT2D eigenvalue weighted by molar-refractivity contribution is 7.91. The Hall–Kier alpha value is -1.12. The molecule has 1 aromatic rings. The highest BCUT2D eigenvalue weighted by atomic mass is 35.5. The van der Waals surface area contributed by atoms with E-state index in [1.165, 1.54) is 6.20 Å². The van der Waals surface area contributed by atoms with Crippen molar-refractivity contribution in [2.45, 2.75) is 37.9 Å². The fourth-order valence-electron chi connectivity index (χ4n) is 2.82. The van der Waals surface area contributed by atoms with E-state index >= 15 is 0 Å². The summed E-state index contributed by atoms with van der Waals surface area (Å²) in [6.07, 6.45) is 3.35. The quantitative estimate of drug-likeness (QED) is 0.768. The van der Waals surface area contributed by atoms with Gasteiger partial charge in [-0.05, 0) is 19.3 Å². The standard InChI is InChI=1S/C13H15Cl2N3O4S/c14-10-5-16-17(13(20)12(10)15)6-11(19)18(8-1-2-8)9-3-4-23(21,22)7-9/h5,8-9H,1-4,6-7H2/t9-/m0/s1. The average molecular weight is 380 g/mol. The van der Waals surface area contributed by atoms with Crippen molar-refractivity contribution in [3.63, 3.8) is 0 Å². The van der Waals surface area contributed by atoms with Crippen LogP contribution in [0.4, 0.5) is 0 Å². The van der Waals surface area contributed by atoms with E-state index in [2.05, 4.69) is 5.10 Å². The summed E-state index contributed by atoms with van der Waals surface area (Å²) in [5.41, 5.74) is -0.637. The molecule has 10 heteroatoms. The molecule has 2 aliphatic rings. The number of carbonyl (C=O) groups is 1. The fraction of sp³-hybridized carbons (Fsp3) is 0.615. The zero-order valence-corrected chi connectivity index (χ0v) is 14.4. The maximum absolute atomic E-state index is 12.6. The Morgan fingerprint density at radius 2 is 2.00 bits per heavy atom. The molecule has 0 aromatic carbocycles. The van der Waals surface area contributed by atoms with Crippen molar-refractivity contribution in [3.05, 3.63) is 26.6 Å². The lowest BCUT2D eigenvalue weighted by molar-refractivity contribution is -0.134. The predicted octanol–water partition coefficient (Wildman–Crippen LogP) is 0.728. The first kappa shape index (κ1) is 16.7. The molecule has 0 radical (unpaired) electrons. The number of aromatic nitrogens is 2. The van der Waals surface area contributed by atoms with Crippen LogP contribution in [0.15, 0.2) is 11.0 Å². The summed E-state index contributed by atoms with van der Waals surface area (Å²) in [6.45, 7) is -0.275. The lowest BCUT2D eigenvalue weighted by Crippen LogP contribution is -2.45. The first-order valence-electron chi connectivity index (χ1n) is 7.21. The Kier molecular flexibility index (Phi) is 4.41. The number of hydrogen-bond acceptors (Lipinski definition) is 5. The zero-order valence-electron chi connectivity index (χ0n) is 12.1. The van der Waals surface area contributed by atoms with Crippen LogP contribution < -0.4 is 5.56 Å². The Morgan fingerprint density at radius 3 is 2.57 bits per heavy atom. The van der Waals surface area contributed by atoms with E-state index in [4.69, 9.17) is 23.2 Å². The summed E-state index contributed by atoms with van der Waals surface area (Å²) < 4.78 is 24.3. The highest BCUT2D eigenvalue weighted by Gasteiger charge is 2.42. The molecule has 0 unspecified atom stereocenters. The Bertz CT molecular complexity index is 804. The Balaban J connectivity index is 1.81. The smallest absolute Gasteiger partial charge is 0.287 e. The van der Waals surface area contributed by atoms with Gasteiger partial charge >= 0.3 is 0 Å². The lowest BCUT2D eigenvalue weighted by atomic mass is 10.2. The number of nitrogens with zero attached hydrogens (tertiary/aromatic N) is 3. The van der Waals surface area contributed by atoms with Crippen LogP contribution in [0.5, 0.6) is 0 Å². The average Bonchev–Trinajstić information content (AvgIpc) is 3.24. The van der Waals surface area contributed by atoms with Gasteiger partial charge in [-0.1, -0.05) is 23.2 Å². The van der Waals surface area contributed by atoms with E-state index in [0.717, 1.165) is 17.5 Å². The second kappa shape index (κ2) is 6.07. The first-order chi connectivity index (χ1) is 10.8. The van der Waals surface area contributed by atoms with Crippen molar-refractivity contribution in [2.24, 2.45) is 0 Å². The molecule has 23 heavy (non-hydrogen) atoms. The summed E-state index contributed by atoms with van der Waals surface area (Å²) in [5.74, 6) is -0.236. The number of hydrogen-bond donors (Lipinski definition) is 0. The van der Waals surface area contributed by atoms with Crippen LogP contribution in [0.2, 0.25) is 10.0 Å². The third-order valence-corrected chi connectivity index (χ3v) is 6.56. The van der Waals surface area contributed by atoms with Crippen LogP contribution in [-0.4, -0.2) is 52.6 Å². The number of amides is 1. The normalized spacial score (nSPS) is 23.0. The molecule has 1 amide bonds. The Morgan fingerprint density at radius 1 is 1.30 bits per heavy atom. The van der Waals surface area contributed by atoms with Gasteiger partial charge in [0.25, 0.3) is 5.56 Å². The SMILES string of the molecule is O=C(Cn1ncc(Cl)c(Cl)c1=O)N(C1CC1)[C@H]1CCS(=O)(=O)C1. The van der Waals surface area contributed by atoms with Crippen LogP contribution in [0, 0.1) is 0 Å². The van der Waals surface area contributed by atoms with Crippen molar-refractivity contribution in [1.82, 2.24) is 14.7 Å². The molecule has 0 N–H and O–H groups in total. The summed E-state index contributed by atoms with van der Waals surface area (Å²) in [6, 6.07) is -0.266. The number of halogens is 2. The first-order valence-corrected chi connectivity index (χ1v) is 9.79. The van der Waals surface area contributed by atoms with Gasteiger partial charge in [0.15, 0.2) is 9.84 Å². The summed E-state index contributed by atoms with van der Waals surface area (Å²) >= 11 is 11.5. The van der Waals surface area contributed by atoms with E-state index in [1.807, 2.05) is 0 Å². The van der Waals surface area contributed by atoms with Crippen LogP contribution in [0.1, 0.15) is 19.3 Å². The second-order valence-electron chi connectivity index (χ2n) is 5.86. The van der Waals surface area contributed by atoms with Crippen molar-refractivity contribution in [3.8, 4) is 0 Å². The minimum atomic E-state index is -3.09. The van der Waals surface area contributed by atoms with E-state index in [9.17, 15) is 18.0 Å². The van der Waals surface area contributed by atoms with E-state index in [-0.39, 0.29) is 46.1 Å². The second-order valence-corrected chi connectivity index (χ2v) is 8.87. The molecule has 1 saturated heterocycles. The molecule has 0 spiro atoms. The van der Waals surface area contributed by atoms with Crippen molar-refractivity contribution >= 4 is 38.9 Å². The fourth-order valence-corrected chi connectivity index (χ4v) is 4.80. The number of sulfone groups is 1. The number of rotatable bonds is 4. The molecule has 1 aromatic heterocycles. The van der Waals surface area contributed by atoms with E-state index < -0.39 is 15.4 Å². The van der Waals surface area contributed by atoms with Gasteiger partial charge in [0.1, 0.15) is 11.6 Å². The molecule has 1 aliphatic heterocycles. The monoisotopic (exact) mass is 379 g/mol. The molecule has 1 atom stereocenters. The summed E-state index contributed by atoms with van der Waals surface area (Å²) in [4.78, 5) is 26.2. The van der Waals surface area contributed by atoms with Gasteiger partial charge in [0.2, 0.25) is 5.91 Å². The van der Waals surface area contributed by atoms with Gasteiger partial charge in [-0.2, -0.15) is 5.10 Å². The molecule has 7 nitrogen and oxygen atoms in total. The largest absolute Gasteiger partial charge is 0.334 e. The molecule has 2 fully saturated rings. The summed E-state index contributed by atoms with van der Waals surface area (Å²) in [7, 11) is -3.09. The van der Waals surface area contributed by atoms with Gasteiger partial charge in [0, 0.05) is 12.1 Å². The lowest BCUT2D eigenvalue weighted by Gasteiger charge is -2.28. The van der Waals surface area contributed by atoms with Gasteiger partial charge in [-0.25, -0.2) is 13.1 Å². The minimum Gasteiger partial charge on any atom is -0.334 e. The number of carbonyl (C=O) groups excluding carboxylic acids is 1. The predicted molar refractivity (Wildman–Crippen MR) is 85.4 cm³/mol. The third-order valence-electron chi connectivity index (χ3n) is 4.06. The van der Waals surface area contributed by atoms with E-state index in [0.29, 0.717) is 6.42 Å². The van der Waals surface area contributed by atoms with Crippen LogP contribution in [0.3, 0.4) is 0 Å². The third kappa shape index (κ3) is 3.54. The van der Waals surface area contributed by atoms with Crippen LogP contribution in [-0.2, 0) is 21.2 Å². The minimum absolute atomic E-state index is 0.0149. The van der Waals surface area contributed by atoms with E-state index in [1.54, 1.807) is 4.90 Å². The summed E-state index contributed by atoms with van der Waals surface area (Å²) in [5, 5.41) is 3.66. The molecular formula is C13H15Cl2N3O4S. The molecule has 2 heterocycles. The van der Waals surface area contributed by atoms with Crippen molar-refractivity contribution in [2.75, 3.05) is 11.5 Å². The molecule has 0 bridgehead atoms. The van der Waals surface area contributed by atoms with Gasteiger partial charge in [0.05, 0.1) is 22.7 Å². The molecule has 126 valence electrons. The topological polar surface area (TPSA) is 89.3 Å². The molecule has 1 saturated carbocycles. The Labute approximate surface area is 143 Å². The van der Waals surface area contributed by atoms with Crippen LogP contribution >= 0.6 is 23.2 Å². The maximum atomic E-state index is 12.6. The maximum Gasteiger partial charge on any atom is 0.287 e. The van der Waals surface area contributed by atoms with Crippen molar-refractivity contribution < 1.29 is 13.2 Å². The van der Waals surface area contributed by atoms with Crippen molar-refractivity contribution in [1.29, 1.82) is 0 Å². The zero-order chi connectivity index (χ0) is 16.8.